The van der Waals surface area contributed by atoms with Crippen LogP contribution in [0.15, 0.2) is 69.9 Å². The number of hydrogen-bond donors (Lipinski definition) is 1. The maximum atomic E-state index is 12.3. The second-order valence-corrected chi connectivity index (χ2v) is 7.45. The summed E-state index contributed by atoms with van der Waals surface area (Å²) in [7, 11) is 0. The van der Waals surface area contributed by atoms with Gasteiger partial charge in [0.05, 0.1) is 17.2 Å². The molecule has 0 aliphatic rings. The maximum Gasteiger partial charge on any atom is 0.251 e. The molecular formula is C19H17Br2N3O2. The lowest BCUT2D eigenvalue weighted by Crippen LogP contribution is -2.27. The lowest BCUT2D eigenvalue weighted by Gasteiger charge is -2.09. The van der Waals surface area contributed by atoms with Gasteiger partial charge in [0, 0.05) is 22.8 Å². The zero-order valence-corrected chi connectivity index (χ0v) is 17.0. The van der Waals surface area contributed by atoms with E-state index in [-0.39, 0.29) is 5.91 Å². The van der Waals surface area contributed by atoms with Crippen LogP contribution in [0.1, 0.15) is 15.9 Å². The molecule has 1 heterocycles. The molecule has 0 saturated carbocycles. The first-order valence-electron chi connectivity index (χ1n) is 8.03. The van der Waals surface area contributed by atoms with Gasteiger partial charge in [-0.3, -0.25) is 9.48 Å². The number of ether oxygens (including phenoxy) is 1. The molecule has 2 aromatic carbocycles. The number of hydrogen-bond acceptors (Lipinski definition) is 3. The summed E-state index contributed by atoms with van der Waals surface area (Å²) in [5.41, 5.74) is 1.56. The molecule has 134 valence electrons. The SMILES string of the molecule is O=C(NCCn1cc(Br)cn1)c1cccc(COc2ccc(Br)cc2)c1. The van der Waals surface area contributed by atoms with Gasteiger partial charge in [0.2, 0.25) is 0 Å². The largest absolute Gasteiger partial charge is 0.489 e. The van der Waals surface area contributed by atoms with E-state index in [1.807, 2.05) is 48.7 Å². The molecule has 26 heavy (non-hydrogen) atoms. The minimum Gasteiger partial charge on any atom is -0.489 e. The van der Waals surface area contributed by atoms with Crippen LogP contribution >= 0.6 is 31.9 Å². The van der Waals surface area contributed by atoms with Gasteiger partial charge in [-0.1, -0.05) is 28.1 Å². The number of nitrogens with zero attached hydrogens (tertiary/aromatic N) is 2. The Labute approximate surface area is 168 Å². The monoisotopic (exact) mass is 477 g/mol. The smallest absolute Gasteiger partial charge is 0.251 e. The third kappa shape index (κ3) is 5.44. The van der Waals surface area contributed by atoms with E-state index >= 15 is 0 Å². The van der Waals surface area contributed by atoms with Crippen molar-refractivity contribution in [1.29, 1.82) is 0 Å². The predicted molar refractivity (Wildman–Crippen MR) is 107 cm³/mol. The van der Waals surface area contributed by atoms with Gasteiger partial charge >= 0.3 is 0 Å². The van der Waals surface area contributed by atoms with Crippen molar-refractivity contribution < 1.29 is 9.53 Å². The van der Waals surface area contributed by atoms with Crippen LogP contribution in [0.4, 0.5) is 0 Å². The summed E-state index contributed by atoms with van der Waals surface area (Å²) >= 11 is 6.74. The Balaban J connectivity index is 1.52. The first-order valence-corrected chi connectivity index (χ1v) is 9.62. The van der Waals surface area contributed by atoms with E-state index in [0.717, 1.165) is 20.3 Å². The van der Waals surface area contributed by atoms with E-state index in [1.165, 1.54) is 0 Å². The van der Waals surface area contributed by atoms with Gasteiger partial charge in [0.1, 0.15) is 12.4 Å². The van der Waals surface area contributed by atoms with Crippen molar-refractivity contribution in [2.75, 3.05) is 6.54 Å². The van der Waals surface area contributed by atoms with Crippen molar-refractivity contribution in [2.45, 2.75) is 13.2 Å². The molecule has 7 heteroatoms. The maximum absolute atomic E-state index is 12.3. The van der Waals surface area contributed by atoms with E-state index < -0.39 is 0 Å². The Hall–Kier alpha value is -2.12. The number of benzene rings is 2. The number of carbonyl (C=O) groups excluding carboxylic acids is 1. The van der Waals surface area contributed by atoms with Crippen LogP contribution in [0.25, 0.3) is 0 Å². The quantitative estimate of drug-likeness (QED) is 0.547. The zero-order valence-electron chi connectivity index (χ0n) is 13.9. The Kier molecular flexibility index (Phi) is 6.46. The second kappa shape index (κ2) is 9.00. The molecule has 3 aromatic rings. The van der Waals surface area contributed by atoms with Gasteiger partial charge in [-0.2, -0.15) is 5.10 Å². The fraction of sp³-hybridized carbons (Fsp3) is 0.158. The van der Waals surface area contributed by atoms with Crippen LogP contribution in [0.2, 0.25) is 0 Å². The highest BCUT2D eigenvalue weighted by Crippen LogP contribution is 2.17. The number of carbonyl (C=O) groups is 1. The Morgan fingerprint density at radius 2 is 1.92 bits per heavy atom. The first-order chi connectivity index (χ1) is 12.6. The molecule has 0 aliphatic carbocycles. The van der Waals surface area contributed by atoms with Crippen molar-refractivity contribution in [2.24, 2.45) is 0 Å². The molecule has 0 atom stereocenters. The Bertz CT molecular complexity index is 879. The highest BCUT2D eigenvalue weighted by atomic mass is 79.9. The van der Waals surface area contributed by atoms with Crippen LogP contribution in [0.5, 0.6) is 5.75 Å². The van der Waals surface area contributed by atoms with Crippen molar-refractivity contribution in [1.82, 2.24) is 15.1 Å². The van der Waals surface area contributed by atoms with E-state index in [2.05, 4.69) is 42.3 Å². The fourth-order valence-corrected chi connectivity index (χ4v) is 2.94. The topological polar surface area (TPSA) is 56.2 Å². The summed E-state index contributed by atoms with van der Waals surface area (Å²) in [6.45, 7) is 1.53. The van der Waals surface area contributed by atoms with Crippen LogP contribution < -0.4 is 10.1 Å². The summed E-state index contributed by atoms with van der Waals surface area (Å²) < 4.78 is 9.45. The summed E-state index contributed by atoms with van der Waals surface area (Å²) in [5, 5.41) is 7.06. The standard InChI is InChI=1S/C19H17Br2N3O2/c20-16-4-6-18(7-5-16)26-13-14-2-1-3-15(10-14)19(25)22-8-9-24-12-17(21)11-23-24/h1-7,10-12H,8-9,13H2,(H,22,25). The summed E-state index contributed by atoms with van der Waals surface area (Å²) in [6, 6.07) is 15.1. The molecule has 0 saturated heterocycles. The van der Waals surface area contributed by atoms with E-state index in [1.54, 1.807) is 16.9 Å². The molecule has 0 radical (unpaired) electrons. The molecule has 0 unspecified atom stereocenters. The van der Waals surface area contributed by atoms with Crippen molar-refractivity contribution >= 4 is 37.8 Å². The van der Waals surface area contributed by atoms with Gasteiger partial charge in [-0.15, -0.1) is 0 Å². The van der Waals surface area contributed by atoms with Crippen molar-refractivity contribution in [3.05, 3.63) is 81.0 Å². The highest BCUT2D eigenvalue weighted by molar-refractivity contribution is 9.10. The van der Waals surface area contributed by atoms with E-state index in [0.29, 0.717) is 25.3 Å². The molecule has 0 bridgehead atoms. The summed E-state index contributed by atoms with van der Waals surface area (Å²) in [5.74, 6) is 0.676. The number of rotatable bonds is 7. The number of halogens is 2. The van der Waals surface area contributed by atoms with Crippen LogP contribution in [0, 0.1) is 0 Å². The molecule has 0 fully saturated rings. The predicted octanol–water partition coefficient (Wildman–Crippen LogP) is 4.42. The molecule has 0 spiro atoms. The van der Waals surface area contributed by atoms with Gasteiger partial charge in [-0.25, -0.2) is 0 Å². The normalized spacial score (nSPS) is 10.5. The lowest BCUT2D eigenvalue weighted by molar-refractivity contribution is 0.0951. The van der Waals surface area contributed by atoms with Crippen LogP contribution in [-0.4, -0.2) is 22.2 Å². The van der Waals surface area contributed by atoms with Gasteiger partial charge in [0.25, 0.3) is 5.91 Å². The van der Waals surface area contributed by atoms with E-state index in [4.69, 9.17) is 4.74 Å². The number of aromatic nitrogens is 2. The van der Waals surface area contributed by atoms with Crippen molar-refractivity contribution in [3.8, 4) is 5.75 Å². The Morgan fingerprint density at radius 3 is 2.65 bits per heavy atom. The molecule has 3 rings (SSSR count). The fourth-order valence-electron chi connectivity index (χ4n) is 2.35. The average molecular weight is 479 g/mol. The molecule has 1 aromatic heterocycles. The summed E-state index contributed by atoms with van der Waals surface area (Å²) in [6.07, 6.45) is 3.59. The molecule has 1 amide bonds. The Morgan fingerprint density at radius 1 is 1.12 bits per heavy atom. The molecule has 1 N–H and O–H groups in total. The molecule has 5 nitrogen and oxygen atoms in total. The molecular weight excluding hydrogens is 462 g/mol. The third-order valence-corrected chi connectivity index (χ3v) is 4.57. The minimum absolute atomic E-state index is 0.110. The highest BCUT2D eigenvalue weighted by Gasteiger charge is 2.06. The summed E-state index contributed by atoms with van der Waals surface area (Å²) in [4.78, 5) is 12.3. The van der Waals surface area contributed by atoms with Gasteiger partial charge in [-0.05, 0) is 57.9 Å². The number of nitrogens with one attached hydrogen (secondary N) is 1. The first kappa shape index (κ1) is 18.7. The zero-order chi connectivity index (χ0) is 18.4. The third-order valence-electron chi connectivity index (χ3n) is 3.64. The number of amides is 1. The van der Waals surface area contributed by atoms with Gasteiger partial charge < -0.3 is 10.1 Å². The lowest BCUT2D eigenvalue weighted by atomic mass is 10.1. The average Bonchev–Trinajstić information content (AvgIpc) is 3.06. The van der Waals surface area contributed by atoms with E-state index in [9.17, 15) is 4.79 Å². The minimum atomic E-state index is -0.110. The second-order valence-electron chi connectivity index (χ2n) is 5.62. The van der Waals surface area contributed by atoms with Crippen LogP contribution in [-0.2, 0) is 13.2 Å². The molecule has 0 aliphatic heterocycles. The van der Waals surface area contributed by atoms with Crippen molar-refractivity contribution in [3.63, 3.8) is 0 Å². The van der Waals surface area contributed by atoms with Crippen LogP contribution in [0.3, 0.4) is 0 Å². The van der Waals surface area contributed by atoms with Gasteiger partial charge in [0.15, 0.2) is 0 Å².